The monoisotopic (exact) mass is 306 g/mol. The quantitative estimate of drug-likeness (QED) is 0.807. The van der Waals surface area contributed by atoms with Crippen LogP contribution in [0.3, 0.4) is 0 Å². The second-order valence-electron chi connectivity index (χ2n) is 5.47. The van der Waals surface area contributed by atoms with Gasteiger partial charge in [-0.25, -0.2) is 4.98 Å². The number of rotatable bonds is 3. The van der Waals surface area contributed by atoms with Crippen LogP contribution < -0.4 is 5.32 Å². The van der Waals surface area contributed by atoms with Gasteiger partial charge in [0.15, 0.2) is 0 Å². The fourth-order valence-corrected chi connectivity index (χ4v) is 2.48. The smallest absolute Gasteiger partial charge is 0.258 e. The van der Waals surface area contributed by atoms with Crippen molar-refractivity contribution in [3.8, 4) is 11.1 Å². The molecule has 3 rings (SSSR count). The van der Waals surface area contributed by atoms with Gasteiger partial charge in [-0.05, 0) is 43.7 Å². The number of amides is 1. The maximum atomic E-state index is 12.5. The molecule has 3 heterocycles. The number of anilines is 1. The van der Waals surface area contributed by atoms with Crippen LogP contribution in [0.2, 0.25) is 0 Å². The first-order valence-corrected chi connectivity index (χ1v) is 7.37. The van der Waals surface area contributed by atoms with Crippen LogP contribution in [-0.4, -0.2) is 20.4 Å². The lowest BCUT2D eigenvalue weighted by molar-refractivity contribution is 0.102. The number of hydrogen-bond donors (Lipinski definition) is 1. The Labute approximate surface area is 135 Å². The van der Waals surface area contributed by atoms with Gasteiger partial charge < -0.3 is 9.88 Å². The molecule has 0 saturated heterocycles. The molecular formula is C18H18N4O. The van der Waals surface area contributed by atoms with Crippen molar-refractivity contribution < 1.29 is 4.79 Å². The van der Waals surface area contributed by atoms with Gasteiger partial charge in [0.05, 0.1) is 5.56 Å². The first-order chi connectivity index (χ1) is 11.1. The van der Waals surface area contributed by atoms with E-state index in [1.807, 2.05) is 55.8 Å². The lowest BCUT2D eigenvalue weighted by atomic mass is 10.1. The fourth-order valence-electron chi connectivity index (χ4n) is 2.48. The average molecular weight is 306 g/mol. The minimum Gasteiger partial charge on any atom is -0.351 e. The minimum absolute atomic E-state index is 0.151. The van der Waals surface area contributed by atoms with Crippen LogP contribution in [0.5, 0.6) is 0 Å². The van der Waals surface area contributed by atoms with Crippen molar-refractivity contribution in [2.75, 3.05) is 5.32 Å². The van der Waals surface area contributed by atoms with Crippen molar-refractivity contribution in [1.82, 2.24) is 14.5 Å². The molecule has 0 bridgehead atoms. The van der Waals surface area contributed by atoms with Gasteiger partial charge in [0.1, 0.15) is 5.82 Å². The van der Waals surface area contributed by atoms with Gasteiger partial charge in [-0.3, -0.25) is 9.78 Å². The molecule has 0 unspecified atom stereocenters. The lowest BCUT2D eigenvalue weighted by Crippen LogP contribution is -2.13. The van der Waals surface area contributed by atoms with Crippen LogP contribution in [0.25, 0.3) is 11.1 Å². The third-order valence-electron chi connectivity index (χ3n) is 4.02. The summed E-state index contributed by atoms with van der Waals surface area (Å²) in [7, 11) is 1.95. The van der Waals surface area contributed by atoms with E-state index >= 15 is 0 Å². The summed E-state index contributed by atoms with van der Waals surface area (Å²) in [5, 5.41) is 2.87. The van der Waals surface area contributed by atoms with E-state index in [0.29, 0.717) is 11.4 Å². The Morgan fingerprint density at radius 1 is 1.13 bits per heavy atom. The topological polar surface area (TPSA) is 59.8 Å². The molecule has 0 atom stereocenters. The maximum absolute atomic E-state index is 12.5. The molecule has 0 aliphatic carbocycles. The van der Waals surface area contributed by atoms with Crippen molar-refractivity contribution in [2.24, 2.45) is 7.05 Å². The number of nitrogens with one attached hydrogen (secondary N) is 1. The predicted molar refractivity (Wildman–Crippen MR) is 90.3 cm³/mol. The number of hydrogen-bond acceptors (Lipinski definition) is 3. The normalized spacial score (nSPS) is 10.6. The van der Waals surface area contributed by atoms with E-state index in [9.17, 15) is 4.79 Å². The Balaban J connectivity index is 1.86. The molecule has 23 heavy (non-hydrogen) atoms. The molecule has 5 heteroatoms. The van der Waals surface area contributed by atoms with Gasteiger partial charge in [0.2, 0.25) is 0 Å². The molecule has 0 saturated carbocycles. The average Bonchev–Trinajstić information content (AvgIpc) is 2.83. The molecule has 0 aliphatic heterocycles. The highest BCUT2D eigenvalue weighted by atomic mass is 16.1. The van der Waals surface area contributed by atoms with E-state index in [1.165, 1.54) is 0 Å². The van der Waals surface area contributed by atoms with Crippen molar-refractivity contribution >= 4 is 11.7 Å². The third kappa shape index (κ3) is 2.99. The number of nitrogens with zero attached hydrogens (tertiary/aromatic N) is 3. The summed E-state index contributed by atoms with van der Waals surface area (Å²) in [6, 6.07) is 9.48. The number of carbonyl (C=O) groups is 1. The summed E-state index contributed by atoms with van der Waals surface area (Å²) in [6.45, 7) is 3.91. The Hall–Kier alpha value is -2.95. The Morgan fingerprint density at radius 2 is 1.96 bits per heavy atom. The molecule has 0 aliphatic rings. The van der Waals surface area contributed by atoms with E-state index in [-0.39, 0.29) is 5.91 Å². The summed E-state index contributed by atoms with van der Waals surface area (Å²) in [4.78, 5) is 20.8. The summed E-state index contributed by atoms with van der Waals surface area (Å²) in [5.41, 5.74) is 4.59. The zero-order valence-corrected chi connectivity index (χ0v) is 13.4. The van der Waals surface area contributed by atoms with Crippen LogP contribution >= 0.6 is 0 Å². The molecule has 5 nitrogen and oxygen atoms in total. The number of aromatic nitrogens is 3. The fraction of sp³-hybridized carbons (Fsp3) is 0.167. The van der Waals surface area contributed by atoms with Crippen LogP contribution in [0, 0.1) is 13.8 Å². The van der Waals surface area contributed by atoms with Crippen molar-refractivity contribution in [2.45, 2.75) is 13.8 Å². The summed E-state index contributed by atoms with van der Waals surface area (Å²) < 4.78 is 1.99. The molecular weight excluding hydrogens is 288 g/mol. The molecule has 1 amide bonds. The van der Waals surface area contributed by atoms with Crippen LogP contribution in [0.1, 0.15) is 21.7 Å². The van der Waals surface area contributed by atoms with E-state index in [4.69, 9.17) is 0 Å². The highest BCUT2D eigenvalue weighted by Gasteiger charge is 2.14. The van der Waals surface area contributed by atoms with Crippen molar-refractivity contribution in [1.29, 1.82) is 0 Å². The summed E-state index contributed by atoms with van der Waals surface area (Å²) in [5.74, 6) is 0.374. The first kappa shape index (κ1) is 15.0. The van der Waals surface area contributed by atoms with Gasteiger partial charge in [-0.15, -0.1) is 0 Å². The number of pyridine rings is 2. The molecule has 3 aromatic heterocycles. The first-order valence-electron chi connectivity index (χ1n) is 7.37. The van der Waals surface area contributed by atoms with Crippen LogP contribution in [-0.2, 0) is 7.05 Å². The van der Waals surface area contributed by atoms with Gasteiger partial charge in [0, 0.05) is 42.6 Å². The molecule has 1 N–H and O–H groups in total. The van der Waals surface area contributed by atoms with E-state index in [1.54, 1.807) is 18.6 Å². The standard InChI is InChI=1S/C18H18N4O/c1-12-9-16(13(2)22(12)3)18(23)21-17-10-14(6-8-20-17)15-5-4-7-19-11-15/h4-11H,1-3H3,(H,20,21,23). The third-order valence-corrected chi connectivity index (χ3v) is 4.02. The van der Waals surface area contributed by atoms with Crippen molar-refractivity contribution in [3.63, 3.8) is 0 Å². The molecule has 116 valence electrons. The molecule has 0 spiro atoms. The molecule has 0 aromatic carbocycles. The van der Waals surface area contributed by atoms with E-state index in [0.717, 1.165) is 22.5 Å². The highest BCUT2D eigenvalue weighted by molar-refractivity contribution is 6.05. The SMILES string of the molecule is Cc1cc(C(=O)Nc2cc(-c3cccnc3)ccn2)c(C)n1C. The van der Waals surface area contributed by atoms with Crippen LogP contribution in [0.15, 0.2) is 48.9 Å². The summed E-state index contributed by atoms with van der Waals surface area (Å²) in [6.07, 6.45) is 5.20. The van der Waals surface area contributed by atoms with Gasteiger partial charge in [0.25, 0.3) is 5.91 Å². The minimum atomic E-state index is -0.151. The zero-order chi connectivity index (χ0) is 16.4. The summed E-state index contributed by atoms with van der Waals surface area (Å²) >= 11 is 0. The Kier molecular flexibility index (Phi) is 3.93. The van der Waals surface area contributed by atoms with Crippen molar-refractivity contribution in [3.05, 3.63) is 65.9 Å². The predicted octanol–water partition coefficient (Wildman–Crippen LogP) is 3.35. The Morgan fingerprint density at radius 3 is 2.61 bits per heavy atom. The second kappa shape index (κ2) is 6.04. The molecule has 0 radical (unpaired) electrons. The number of carbonyl (C=O) groups excluding carboxylic acids is 1. The number of aryl methyl sites for hydroxylation is 1. The van der Waals surface area contributed by atoms with Crippen LogP contribution in [0.4, 0.5) is 5.82 Å². The van der Waals surface area contributed by atoms with E-state index in [2.05, 4.69) is 15.3 Å². The largest absolute Gasteiger partial charge is 0.351 e. The van der Waals surface area contributed by atoms with E-state index < -0.39 is 0 Å². The molecule has 0 fully saturated rings. The maximum Gasteiger partial charge on any atom is 0.258 e. The van der Waals surface area contributed by atoms with Gasteiger partial charge in [-0.2, -0.15) is 0 Å². The second-order valence-corrected chi connectivity index (χ2v) is 5.47. The van der Waals surface area contributed by atoms with Gasteiger partial charge in [-0.1, -0.05) is 6.07 Å². The Bertz CT molecular complexity index is 853. The van der Waals surface area contributed by atoms with Gasteiger partial charge >= 0.3 is 0 Å². The molecule has 3 aromatic rings. The highest BCUT2D eigenvalue weighted by Crippen LogP contribution is 2.21. The zero-order valence-electron chi connectivity index (χ0n) is 13.4. The lowest BCUT2D eigenvalue weighted by Gasteiger charge is -2.07.